The molecular formula is C7H12Cl2O. The first-order chi connectivity index (χ1) is 4.79. The summed E-state index contributed by atoms with van der Waals surface area (Å²) < 4.78 is 5.42. The highest BCUT2D eigenvalue weighted by atomic mass is 35.5. The van der Waals surface area contributed by atoms with Gasteiger partial charge in [-0.3, -0.25) is 0 Å². The molecule has 0 amide bonds. The lowest BCUT2D eigenvalue weighted by Gasteiger charge is -2.22. The average molecular weight is 183 g/mol. The second-order valence-electron chi connectivity index (χ2n) is 2.62. The molecule has 0 aromatic heterocycles. The molecule has 0 spiro atoms. The Bertz CT molecular complexity index is 89.6. The van der Waals surface area contributed by atoms with Crippen LogP contribution in [0.5, 0.6) is 0 Å². The molecule has 1 aliphatic rings. The van der Waals surface area contributed by atoms with E-state index >= 15 is 0 Å². The predicted molar refractivity (Wildman–Crippen MR) is 43.7 cm³/mol. The van der Waals surface area contributed by atoms with Crippen molar-refractivity contribution < 1.29 is 4.74 Å². The lowest BCUT2D eigenvalue weighted by molar-refractivity contribution is 0.0135. The molecule has 1 aliphatic heterocycles. The third-order valence-corrected chi connectivity index (χ3v) is 2.07. The Kier molecular flexibility index (Phi) is 3.82. The van der Waals surface area contributed by atoms with Crippen LogP contribution in [0.25, 0.3) is 0 Å². The van der Waals surface area contributed by atoms with Crippen molar-refractivity contribution in [3.05, 3.63) is 0 Å². The van der Waals surface area contributed by atoms with Crippen LogP contribution in [0.1, 0.15) is 25.7 Å². The largest absolute Gasteiger partial charge is 0.378 e. The summed E-state index contributed by atoms with van der Waals surface area (Å²) >= 11 is 11.2. The molecule has 0 bridgehead atoms. The minimum absolute atomic E-state index is 0.261. The van der Waals surface area contributed by atoms with Gasteiger partial charge in [-0.15, -0.1) is 23.2 Å². The number of halogens is 2. The maximum Gasteiger partial charge on any atom is 0.110 e. The maximum absolute atomic E-state index is 5.60. The van der Waals surface area contributed by atoms with Gasteiger partial charge in [-0.05, 0) is 19.3 Å². The molecule has 60 valence electrons. The van der Waals surface area contributed by atoms with Gasteiger partial charge < -0.3 is 4.74 Å². The van der Waals surface area contributed by atoms with E-state index in [9.17, 15) is 0 Å². The Hall–Kier alpha value is 0.540. The first kappa shape index (κ1) is 8.63. The van der Waals surface area contributed by atoms with Crippen LogP contribution in [-0.2, 0) is 4.74 Å². The van der Waals surface area contributed by atoms with E-state index in [0.717, 1.165) is 19.4 Å². The molecule has 1 atom stereocenters. The van der Waals surface area contributed by atoms with Gasteiger partial charge in [0.1, 0.15) is 4.84 Å². The molecule has 0 aromatic carbocycles. The average Bonchev–Trinajstić information content (AvgIpc) is 1.88. The summed E-state index contributed by atoms with van der Waals surface area (Å²) in [4.78, 5) is -0.261. The molecule has 1 fully saturated rings. The molecule has 1 nitrogen and oxygen atoms in total. The highest BCUT2D eigenvalue weighted by molar-refractivity contribution is 6.44. The number of rotatable bonds is 2. The van der Waals surface area contributed by atoms with Crippen molar-refractivity contribution in [2.24, 2.45) is 0 Å². The van der Waals surface area contributed by atoms with Gasteiger partial charge in [0.25, 0.3) is 0 Å². The van der Waals surface area contributed by atoms with Crippen LogP contribution in [0.15, 0.2) is 0 Å². The second kappa shape index (κ2) is 4.42. The molecule has 1 unspecified atom stereocenters. The molecule has 0 aromatic rings. The lowest BCUT2D eigenvalue weighted by atomic mass is 10.1. The number of ether oxygens (including phenoxy) is 1. The van der Waals surface area contributed by atoms with Gasteiger partial charge in [0.2, 0.25) is 0 Å². The zero-order valence-corrected chi connectivity index (χ0v) is 7.37. The van der Waals surface area contributed by atoms with E-state index in [-0.39, 0.29) is 4.84 Å². The summed E-state index contributed by atoms with van der Waals surface area (Å²) in [5.41, 5.74) is 0. The standard InChI is InChI=1S/C7H12Cl2O/c8-7(9)5-6-3-1-2-4-10-6/h6-7H,1-5H2. The fourth-order valence-corrected chi connectivity index (χ4v) is 1.59. The van der Waals surface area contributed by atoms with Gasteiger partial charge in [0.05, 0.1) is 6.10 Å². The SMILES string of the molecule is ClC(Cl)CC1CCCCO1. The Morgan fingerprint density at radius 2 is 2.20 bits per heavy atom. The van der Waals surface area contributed by atoms with E-state index in [0.29, 0.717) is 6.10 Å². The van der Waals surface area contributed by atoms with E-state index in [4.69, 9.17) is 27.9 Å². The number of hydrogen-bond donors (Lipinski definition) is 0. The minimum atomic E-state index is -0.261. The van der Waals surface area contributed by atoms with Crippen molar-refractivity contribution in [2.45, 2.75) is 36.6 Å². The Balaban J connectivity index is 2.13. The Labute approximate surface area is 71.6 Å². The summed E-state index contributed by atoms with van der Waals surface area (Å²) in [5, 5.41) is 0. The van der Waals surface area contributed by atoms with Gasteiger partial charge in [0.15, 0.2) is 0 Å². The monoisotopic (exact) mass is 182 g/mol. The Morgan fingerprint density at radius 3 is 2.70 bits per heavy atom. The summed E-state index contributed by atoms with van der Waals surface area (Å²) in [7, 11) is 0. The third kappa shape index (κ3) is 3.09. The molecule has 1 saturated heterocycles. The third-order valence-electron chi connectivity index (χ3n) is 1.72. The molecule has 1 heterocycles. The van der Waals surface area contributed by atoms with Crippen LogP contribution < -0.4 is 0 Å². The fourth-order valence-electron chi connectivity index (χ4n) is 1.19. The summed E-state index contributed by atoms with van der Waals surface area (Å²) in [6, 6.07) is 0. The van der Waals surface area contributed by atoms with Gasteiger partial charge in [-0.1, -0.05) is 0 Å². The summed E-state index contributed by atoms with van der Waals surface area (Å²) in [5.74, 6) is 0. The highest BCUT2D eigenvalue weighted by Crippen LogP contribution is 2.20. The van der Waals surface area contributed by atoms with E-state index in [1.54, 1.807) is 0 Å². The lowest BCUT2D eigenvalue weighted by Crippen LogP contribution is -2.20. The van der Waals surface area contributed by atoms with Crippen LogP contribution in [0.2, 0.25) is 0 Å². The zero-order chi connectivity index (χ0) is 7.40. The molecule has 0 radical (unpaired) electrons. The van der Waals surface area contributed by atoms with Gasteiger partial charge in [-0.2, -0.15) is 0 Å². The summed E-state index contributed by atoms with van der Waals surface area (Å²) in [6.45, 7) is 0.880. The van der Waals surface area contributed by atoms with Crippen molar-refractivity contribution in [2.75, 3.05) is 6.61 Å². The summed E-state index contributed by atoms with van der Waals surface area (Å²) in [6.07, 6.45) is 4.66. The first-order valence-electron chi connectivity index (χ1n) is 3.69. The second-order valence-corrected chi connectivity index (χ2v) is 3.89. The number of hydrogen-bond acceptors (Lipinski definition) is 1. The van der Waals surface area contributed by atoms with E-state index in [2.05, 4.69) is 0 Å². The van der Waals surface area contributed by atoms with Gasteiger partial charge >= 0.3 is 0 Å². The van der Waals surface area contributed by atoms with Crippen LogP contribution in [0.3, 0.4) is 0 Å². The van der Waals surface area contributed by atoms with Crippen molar-refractivity contribution in [1.82, 2.24) is 0 Å². The van der Waals surface area contributed by atoms with Crippen molar-refractivity contribution in [1.29, 1.82) is 0 Å². The topological polar surface area (TPSA) is 9.23 Å². The van der Waals surface area contributed by atoms with Crippen LogP contribution in [0, 0.1) is 0 Å². The highest BCUT2D eigenvalue weighted by Gasteiger charge is 2.16. The van der Waals surface area contributed by atoms with Crippen LogP contribution >= 0.6 is 23.2 Å². The quantitative estimate of drug-likeness (QED) is 0.598. The predicted octanol–water partition coefficient (Wildman–Crippen LogP) is 2.75. The molecule has 0 N–H and O–H groups in total. The Morgan fingerprint density at radius 1 is 1.40 bits per heavy atom. The van der Waals surface area contributed by atoms with E-state index in [1.807, 2.05) is 0 Å². The maximum atomic E-state index is 5.60. The van der Waals surface area contributed by atoms with Crippen molar-refractivity contribution in [3.63, 3.8) is 0 Å². The molecular weight excluding hydrogens is 171 g/mol. The molecule has 3 heteroatoms. The van der Waals surface area contributed by atoms with Crippen molar-refractivity contribution in [3.8, 4) is 0 Å². The first-order valence-corrected chi connectivity index (χ1v) is 4.56. The fraction of sp³-hybridized carbons (Fsp3) is 1.00. The minimum Gasteiger partial charge on any atom is -0.378 e. The smallest absolute Gasteiger partial charge is 0.110 e. The van der Waals surface area contributed by atoms with Gasteiger partial charge in [0, 0.05) is 13.0 Å². The molecule has 0 aliphatic carbocycles. The van der Waals surface area contributed by atoms with Crippen LogP contribution in [0.4, 0.5) is 0 Å². The molecule has 10 heavy (non-hydrogen) atoms. The number of alkyl halides is 2. The zero-order valence-electron chi connectivity index (χ0n) is 5.85. The van der Waals surface area contributed by atoms with Crippen LogP contribution in [-0.4, -0.2) is 17.5 Å². The van der Waals surface area contributed by atoms with E-state index < -0.39 is 0 Å². The van der Waals surface area contributed by atoms with Crippen molar-refractivity contribution >= 4 is 23.2 Å². The molecule has 0 saturated carbocycles. The van der Waals surface area contributed by atoms with E-state index in [1.165, 1.54) is 12.8 Å². The normalized spacial score (nSPS) is 27.3. The molecule has 1 rings (SSSR count). The van der Waals surface area contributed by atoms with Gasteiger partial charge in [-0.25, -0.2) is 0 Å².